The van der Waals surface area contributed by atoms with E-state index in [1.165, 1.54) is 5.56 Å². The molecule has 116 valence electrons. The van der Waals surface area contributed by atoms with E-state index in [-0.39, 0.29) is 0 Å². The molecular weight excluding hydrogens is 298 g/mol. The van der Waals surface area contributed by atoms with Crippen LogP contribution in [0.5, 0.6) is 0 Å². The van der Waals surface area contributed by atoms with Crippen LogP contribution in [0.3, 0.4) is 0 Å². The third kappa shape index (κ3) is 3.96. The van der Waals surface area contributed by atoms with Crippen LogP contribution >= 0.6 is 11.6 Å². The van der Waals surface area contributed by atoms with Crippen molar-refractivity contribution >= 4 is 17.4 Å². The molecular formula is C17H20ClN3O. The summed E-state index contributed by atoms with van der Waals surface area (Å²) in [4.78, 5) is 9.01. The quantitative estimate of drug-likeness (QED) is 0.915. The van der Waals surface area contributed by atoms with Gasteiger partial charge < -0.3 is 10.1 Å². The zero-order valence-corrected chi connectivity index (χ0v) is 13.4. The van der Waals surface area contributed by atoms with Gasteiger partial charge in [0.05, 0.1) is 12.3 Å². The Hall–Kier alpha value is -1.65. The van der Waals surface area contributed by atoms with E-state index in [0.717, 1.165) is 55.0 Å². The summed E-state index contributed by atoms with van der Waals surface area (Å²) in [5, 5.41) is 4.16. The van der Waals surface area contributed by atoms with Gasteiger partial charge in [-0.2, -0.15) is 0 Å². The Labute approximate surface area is 135 Å². The van der Waals surface area contributed by atoms with Crippen LogP contribution < -0.4 is 5.32 Å². The molecule has 1 fully saturated rings. The number of benzene rings is 1. The molecule has 3 rings (SSSR count). The lowest BCUT2D eigenvalue weighted by Gasteiger charge is -2.11. The van der Waals surface area contributed by atoms with Crippen LogP contribution in [0.15, 0.2) is 30.3 Å². The molecule has 0 aliphatic carbocycles. The number of hydrogen-bond acceptors (Lipinski definition) is 4. The van der Waals surface area contributed by atoms with Gasteiger partial charge in [0.25, 0.3) is 0 Å². The summed E-state index contributed by atoms with van der Waals surface area (Å²) in [6.07, 6.45) is 1.97. The number of rotatable bonds is 5. The van der Waals surface area contributed by atoms with E-state index in [2.05, 4.69) is 27.4 Å². The summed E-state index contributed by atoms with van der Waals surface area (Å²) in [5.74, 6) is 2.10. The maximum absolute atomic E-state index is 5.90. The highest BCUT2D eigenvalue weighted by molar-refractivity contribution is 6.30. The van der Waals surface area contributed by atoms with E-state index in [9.17, 15) is 0 Å². The Morgan fingerprint density at radius 1 is 1.27 bits per heavy atom. The molecule has 22 heavy (non-hydrogen) atoms. The van der Waals surface area contributed by atoms with Crippen LogP contribution in [0.4, 0.5) is 5.82 Å². The van der Waals surface area contributed by atoms with Gasteiger partial charge in [-0.15, -0.1) is 0 Å². The zero-order valence-electron chi connectivity index (χ0n) is 12.7. The summed E-state index contributed by atoms with van der Waals surface area (Å²) in [6, 6.07) is 10.00. The monoisotopic (exact) mass is 317 g/mol. The van der Waals surface area contributed by atoms with Gasteiger partial charge in [0, 0.05) is 30.2 Å². The van der Waals surface area contributed by atoms with Crippen LogP contribution in [0.2, 0.25) is 5.02 Å². The summed E-state index contributed by atoms with van der Waals surface area (Å²) in [6.45, 7) is 4.36. The number of nitrogens with one attached hydrogen (secondary N) is 1. The van der Waals surface area contributed by atoms with Gasteiger partial charge in [0.1, 0.15) is 11.6 Å². The third-order valence-corrected chi connectivity index (χ3v) is 4.09. The van der Waals surface area contributed by atoms with Gasteiger partial charge in [0.15, 0.2) is 0 Å². The Bertz CT molecular complexity index is 624. The lowest BCUT2D eigenvalue weighted by Crippen LogP contribution is -2.10. The summed E-state index contributed by atoms with van der Waals surface area (Å²) in [7, 11) is 0. The van der Waals surface area contributed by atoms with Crippen molar-refractivity contribution in [2.45, 2.75) is 25.7 Å². The molecule has 1 aliphatic rings. The minimum atomic E-state index is 0.401. The smallest absolute Gasteiger partial charge is 0.129 e. The number of aryl methyl sites for hydroxylation is 1. The second-order valence-electron chi connectivity index (χ2n) is 5.59. The largest absolute Gasteiger partial charge is 0.381 e. The van der Waals surface area contributed by atoms with Crippen molar-refractivity contribution in [3.63, 3.8) is 0 Å². The van der Waals surface area contributed by atoms with Crippen molar-refractivity contribution < 1.29 is 4.74 Å². The Kier molecular flexibility index (Phi) is 4.90. The highest BCUT2D eigenvalue weighted by atomic mass is 35.5. The fourth-order valence-corrected chi connectivity index (χ4v) is 2.77. The minimum absolute atomic E-state index is 0.401. The molecule has 1 aliphatic heterocycles. The van der Waals surface area contributed by atoms with Crippen molar-refractivity contribution in [1.29, 1.82) is 0 Å². The first-order chi connectivity index (χ1) is 10.7. The minimum Gasteiger partial charge on any atom is -0.381 e. The van der Waals surface area contributed by atoms with Crippen molar-refractivity contribution in [2.24, 2.45) is 0 Å². The SMILES string of the molecule is Cc1nc(NCCc2ccc(Cl)cc2)cc([C@H]2CCOC2)n1. The number of halogens is 1. The molecule has 1 N–H and O–H groups in total. The molecule has 1 saturated heterocycles. The number of ether oxygens (including phenoxy) is 1. The number of hydrogen-bond donors (Lipinski definition) is 1. The first-order valence-corrected chi connectivity index (χ1v) is 8.00. The van der Waals surface area contributed by atoms with Gasteiger partial charge in [-0.05, 0) is 37.5 Å². The van der Waals surface area contributed by atoms with Crippen molar-refractivity contribution in [3.8, 4) is 0 Å². The first-order valence-electron chi connectivity index (χ1n) is 7.62. The first kappa shape index (κ1) is 15.3. The molecule has 5 heteroatoms. The van der Waals surface area contributed by atoms with Crippen molar-refractivity contribution in [1.82, 2.24) is 9.97 Å². The fourth-order valence-electron chi connectivity index (χ4n) is 2.64. The molecule has 0 unspecified atom stereocenters. The van der Waals surface area contributed by atoms with Crippen LogP contribution in [0.25, 0.3) is 0 Å². The van der Waals surface area contributed by atoms with Gasteiger partial charge in [-0.1, -0.05) is 23.7 Å². The number of anilines is 1. The molecule has 1 aromatic carbocycles. The molecule has 1 atom stereocenters. The molecule has 1 aromatic heterocycles. The second-order valence-corrected chi connectivity index (χ2v) is 6.03. The molecule has 0 spiro atoms. The van der Waals surface area contributed by atoms with Crippen molar-refractivity contribution in [3.05, 3.63) is 52.4 Å². The van der Waals surface area contributed by atoms with E-state index < -0.39 is 0 Å². The van der Waals surface area contributed by atoms with Gasteiger partial charge in [0.2, 0.25) is 0 Å². The number of aromatic nitrogens is 2. The zero-order chi connectivity index (χ0) is 15.4. The predicted molar refractivity (Wildman–Crippen MR) is 88.6 cm³/mol. The molecule has 2 heterocycles. The average Bonchev–Trinajstić information content (AvgIpc) is 3.03. The lowest BCUT2D eigenvalue weighted by molar-refractivity contribution is 0.193. The highest BCUT2D eigenvalue weighted by Crippen LogP contribution is 2.25. The van der Waals surface area contributed by atoms with Crippen LogP contribution in [-0.2, 0) is 11.2 Å². The van der Waals surface area contributed by atoms with Gasteiger partial charge >= 0.3 is 0 Å². The maximum Gasteiger partial charge on any atom is 0.129 e. The van der Waals surface area contributed by atoms with E-state index in [1.54, 1.807) is 0 Å². The summed E-state index contributed by atoms with van der Waals surface area (Å²) >= 11 is 5.90. The van der Waals surface area contributed by atoms with E-state index in [1.807, 2.05) is 25.1 Å². The van der Waals surface area contributed by atoms with Gasteiger partial charge in [-0.3, -0.25) is 0 Å². The molecule has 2 aromatic rings. The molecule has 0 saturated carbocycles. The second kappa shape index (κ2) is 7.07. The lowest BCUT2D eigenvalue weighted by atomic mass is 10.0. The Balaban J connectivity index is 1.61. The maximum atomic E-state index is 5.90. The van der Waals surface area contributed by atoms with Gasteiger partial charge in [-0.25, -0.2) is 9.97 Å². The third-order valence-electron chi connectivity index (χ3n) is 3.84. The Morgan fingerprint density at radius 2 is 2.09 bits per heavy atom. The standard InChI is InChI=1S/C17H20ClN3O/c1-12-20-16(14-7-9-22-11-14)10-17(21-12)19-8-6-13-2-4-15(18)5-3-13/h2-5,10,14H,6-9,11H2,1H3,(H,19,20,21)/t14-/m0/s1. The average molecular weight is 318 g/mol. The summed E-state index contributed by atoms with van der Waals surface area (Å²) < 4.78 is 5.45. The predicted octanol–water partition coefficient (Wildman–Crippen LogP) is 3.60. The van der Waals surface area contributed by atoms with Crippen LogP contribution in [-0.4, -0.2) is 29.7 Å². The Morgan fingerprint density at radius 3 is 2.82 bits per heavy atom. The molecule has 0 amide bonds. The highest BCUT2D eigenvalue weighted by Gasteiger charge is 2.20. The van der Waals surface area contributed by atoms with Crippen molar-refractivity contribution in [2.75, 3.05) is 25.1 Å². The fraction of sp³-hybridized carbons (Fsp3) is 0.412. The molecule has 4 nitrogen and oxygen atoms in total. The molecule has 0 bridgehead atoms. The van der Waals surface area contributed by atoms with E-state index in [4.69, 9.17) is 16.3 Å². The topological polar surface area (TPSA) is 47.0 Å². The normalized spacial score (nSPS) is 17.6. The summed E-state index contributed by atoms with van der Waals surface area (Å²) in [5.41, 5.74) is 2.34. The van der Waals surface area contributed by atoms with Crippen LogP contribution in [0.1, 0.15) is 29.4 Å². The van der Waals surface area contributed by atoms with E-state index >= 15 is 0 Å². The van der Waals surface area contributed by atoms with E-state index in [0.29, 0.717) is 5.92 Å². The molecule has 0 radical (unpaired) electrons. The number of nitrogens with zero attached hydrogens (tertiary/aromatic N) is 2. The van der Waals surface area contributed by atoms with Crippen LogP contribution in [0, 0.1) is 6.92 Å².